The maximum atomic E-state index is 11.8. The highest BCUT2D eigenvalue weighted by atomic mass is 16.2. The molecule has 1 aliphatic heterocycles. The third-order valence-electron chi connectivity index (χ3n) is 2.71. The van der Waals surface area contributed by atoms with Crippen LogP contribution in [0, 0.1) is 0 Å². The first-order valence-electron chi connectivity index (χ1n) is 5.82. The van der Waals surface area contributed by atoms with E-state index in [2.05, 4.69) is 15.7 Å². The standard InChI is InChI=1S/C11H16N4O2/c1-2-7-15-9(5-6-12-15)14-11(17)8-3-4-10(16)13-8/h5-6,8H,2-4,7H2,1H3,(H,13,16)(H,14,17)/t8-/m1/s1. The average Bonchev–Trinajstić information content (AvgIpc) is 2.89. The molecule has 0 saturated carbocycles. The fourth-order valence-electron chi connectivity index (χ4n) is 1.85. The van der Waals surface area contributed by atoms with Crippen LogP contribution in [0.1, 0.15) is 26.2 Å². The molecule has 92 valence electrons. The SMILES string of the molecule is CCCn1nccc1NC(=O)[C@H]1CCC(=O)N1. The molecule has 2 heterocycles. The van der Waals surface area contributed by atoms with E-state index in [0.717, 1.165) is 13.0 Å². The molecule has 6 nitrogen and oxygen atoms in total. The van der Waals surface area contributed by atoms with E-state index in [9.17, 15) is 9.59 Å². The first-order valence-corrected chi connectivity index (χ1v) is 5.82. The first-order chi connectivity index (χ1) is 8.20. The quantitative estimate of drug-likeness (QED) is 0.799. The van der Waals surface area contributed by atoms with Crippen LogP contribution in [-0.2, 0) is 16.1 Å². The Morgan fingerprint density at radius 2 is 2.53 bits per heavy atom. The molecular formula is C11H16N4O2. The molecule has 1 aromatic heterocycles. The van der Waals surface area contributed by atoms with E-state index < -0.39 is 6.04 Å². The predicted octanol–water partition coefficient (Wildman–Crippen LogP) is 0.510. The lowest BCUT2D eigenvalue weighted by Gasteiger charge is -2.12. The van der Waals surface area contributed by atoms with Gasteiger partial charge in [-0.25, -0.2) is 4.68 Å². The summed E-state index contributed by atoms with van der Waals surface area (Å²) in [7, 11) is 0. The summed E-state index contributed by atoms with van der Waals surface area (Å²) in [6.07, 6.45) is 3.59. The van der Waals surface area contributed by atoms with Gasteiger partial charge >= 0.3 is 0 Å². The van der Waals surface area contributed by atoms with Crippen molar-refractivity contribution >= 4 is 17.6 Å². The zero-order valence-electron chi connectivity index (χ0n) is 9.77. The molecule has 2 rings (SSSR count). The number of carbonyl (C=O) groups is 2. The van der Waals surface area contributed by atoms with Gasteiger partial charge in [-0.05, 0) is 12.8 Å². The van der Waals surface area contributed by atoms with E-state index in [1.807, 2.05) is 6.92 Å². The molecule has 0 aliphatic carbocycles. The van der Waals surface area contributed by atoms with Crippen LogP contribution in [0.25, 0.3) is 0 Å². The molecule has 1 aliphatic rings. The molecule has 0 bridgehead atoms. The minimum Gasteiger partial charge on any atom is -0.344 e. The van der Waals surface area contributed by atoms with Crippen LogP contribution in [0.5, 0.6) is 0 Å². The fourth-order valence-corrected chi connectivity index (χ4v) is 1.85. The van der Waals surface area contributed by atoms with Crippen LogP contribution in [0.3, 0.4) is 0 Å². The van der Waals surface area contributed by atoms with E-state index in [0.29, 0.717) is 18.7 Å². The van der Waals surface area contributed by atoms with Gasteiger partial charge in [-0.1, -0.05) is 6.92 Å². The van der Waals surface area contributed by atoms with Gasteiger partial charge in [0.25, 0.3) is 0 Å². The van der Waals surface area contributed by atoms with Crippen molar-refractivity contribution in [2.24, 2.45) is 0 Å². The maximum absolute atomic E-state index is 11.8. The molecule has 0 unspecified atom stereocenters. The van der Waals surface area contributed by atoms with E-state index in [1.165, 1.54) is 0 Å². The van der Waals surface area contributed by atoms with Gasteiger partial charge in [-0.15, -0.1) is 0 Å². The lowest BCUT2D eigenvalue weighted by molar-refractivity contribution is -0.122. The predicted molar refractivity (Wildman–Crippen MR) is 62.3 cm³/mol. The highest BCUT2D eigenvalue weighted by Crippen LogP contribution is 2.11. The fraction of sp³-hybridized carbons (Fsp3) is 0.545. The van der Waals surface area contributed by atoms with Crippen LogP contribution in [0.4, 0.5) is 5.82 Å². The second kappa shape index (κ2) is 4.99. The van der Waals surface area contributed by atoms with Crippen molar-refractivity contribution in [1.82, 2.24) is 15.1 Å². The number of anilines is 1. The van der Waals surface area contributed by atoms with Gasteiger partial charge in [0.2, 0.25) is 11.8 Å². The first kappa shape index (κ1) is 11.6. The molecule has 1 atom stereocenters. The third kappa shape index (κ3) is 2.64. The molecular weight excluding hydrogens is 220 g/mol. The van der Waals surface area contributed by atoms with Crippen LogP contribution in [0.15, 0.2) is 12.3 Å². The van der Waals surface area contributed by atoms with Gasteiger partial charge in [0, 0.05) is 19.0 Å². The lowest BCUT2D eigenvalue weighted by atomic mass is 10.2. The summed E-state index contributed by atoms with van der Waals surface area (Å²) in [5.41, 5.74) is 0. The number of carbonyl (C=O) groups excluding carboxylic acids is 2. The third-order valence-corrected chi connectivity index (χ3v) is 2.71. The van der Waals surface area contributed by atoms with E-state index in [4.69, 9.17) is 0 Å². The highest BCUT2D eigenvalue weighted by molar-refractivity contribution is 5.98. The van der Waals surface area contributed by atoms with E-state index >= 15 is 0 Å². The molecule has 1 aromatic rings. The average molecular weight is 236 g/mol. The van der Waals surface area contributed by atoms with Gasteiger partial charge < -0.3 is 10.6 Å². The summed E-state index contributed by atoms with van der Waals surface area (Å²) in [4.78, 5) is 22.9. The Hall–Kier alpha value is -1.85. The van der Waals surface area contributed by atoms with Crippen LogP contribution < -0.4 is 10.6 Å². The van der Waals surface area contributed by atoms with Crippen molar-refractivity contribution in [1.29, 1.82) is 0 Å². The maximum Gasteiger partial charge on any atom is 0.248 e. The van der Waals surface area contributed by atoms with Crippen molar-refractivity contribution in [2.75, 3.05) is 5.32 Å². The van der Waals surface area contributed by atoms with Gasteiger partial charge in [0.05, 0.1) is 6.20 Å². The van der Waals surface area contributed by atoms with Crippen molar-refractivity contribution in [3.05, 3.63) is 12.3 Å². The Bertz CT molecular complexity index is 427. The Balaban J connectivity index is 1.98. The number of amides is 2. The molecule has 6 heteroatoms. The van der Waals surface area contributed by atoms with Gasteiger partial charge in [-0.3, -0.25) is 9.59 Å². The minimum absolute atomic E-state index is 0.0628. The topological polar surface area (TPSA) is 76.0 Å². The van der Waals surface area contributed by atoms with Crippen molar-refractivity contribution in [3.63, 3.8) is 0 Å². The zero-order chi connectivity index (χ0) is 12.3. The summed E-state index contributed by atoms with van der Waals surface area (Å²) < 4.78 is 1.74. The highest BCUT2D eigenvalue weighted by Gasteiger charge is 2.27. The molecule has 2 amide bonds. The van der Waals surface area contributed by atoms with E-state index in [1.54, 1.807) is 16.9 Å². The summed E-state index contributed by atoms with van der Waals surface area (Å²) in [5.74, 6) is 0.443. The molecule has 1 fully saturated rings. The van der Waals surface area contributed by atoms with E-state index in [-0.39, 0.29) is 11.8 Å². The van der Waals surface area contributed by atoms with Gasteiger partial charge in [0.15, 0.2) is 0 Å². The minimum atomic E-state index is -0.410. The Labute approximate surface area is 99.4 Å². The van der Waals surface area contributed by atoms with Crippen LogP contribution >= 0.6 is 0 Å². The van der Waals surface area contributed by atoms with Crippen molar-refractivity contribution in [2.45, 2.75) is 38.8 Å². The second-order valence-electron chi connectivity index (χ2n) is 4.09. The van der Waals surface area contributed by atoms with Crippen LogP contribution in [-0.4, -0.2) is 27.6 Å². The summed E-state index contributed by atoms with van der Waals surface area (Å²) in [5, 5.41) is 9.54. The lowest BCUT2D eigenvalue weighted by Crippen LogP contribution is -2.37. The number of nitrogens with one attached hydrogen (secondary N) is 2. The monoisotopic (exact) mass is 236 g/mol. The number of nitrogens with zero attached hydrogens (tertiary/aromatic N) is 2. The number of hydrogen-bond acceptors (Lipinski definition) is 3. The zero-order valence-corrected chi connectivity index (χ0v) is 9.77. The Kier molecular flexibility index (Phi) is 3.41. The number of rotatable bonds is 4. The van der Waals surface area contributed by atoms with Crippen LogP contribution in [0.2, 0.25) is 0 Å². The second-order valence-corrected chi connectivity index (χ2v) is 4.09. The smallest absolute Gasteiger partial charge is 0.248 e. The normalized spacial score (nSPS) is 19.1. The summed E-state index contributed by atoms with van der Waals surface area (Å²) >= 11 is 0. The largest absolute Gasteiger partial charge is 0.344 e. The molecule has 0 radical (unpaired) electrons. The molecule has 0 spiro atoms. The summed E-state index contributed by atoms with van der Waals surface area (Å²) in [6, 6.07) is 1.34. The summed E-state index contributed by atoms with van der Waals surface area (Å²) in [6.45, 7) is 2.81. The molecule has 1 saturated heterocycles. The Morgan fingerprint density at radius 3 is 3.18 bits per heavy atom. The molecule has 17 heavy (non-hydrogen) atoms. The molecule has 2 N–H and O–H groups in total. The molecule has 0 aromatic carbocycles. The van der Waals surface area contributed by atoms with Gasteiger partial charge in [-0.2, -0.15) is 5.10 Å². The Morgan fingerprint density at radius 1 is 1.71 bits per heavy atom. The van der Waals surface area contributed by atoms with Gasteiger partial charge in [0.1, 0.15) is 11.9 Å². The number of hydrogen-bond donors (Lipinski definition) is 2. The van der Waals surface area contributed by atoms with Crippen molar-refractivity contribution < 1.29 is 9.59 Å². The van der Waals surface area contributed by atoms with Crippen molar-refractivity contribution in [3.8, 4) is 0 Å². The number of aromatic nitrogens is 2. The number of aryl methyl sites for hydroxylation is 1.